The Kier molecular flexibility index (Phi) is 5.65. The van der Waals surface area contributed by atoms with Crippen molar-refractivity contribution in [3.8, 4) is 0 Å². The van der Waals surface area contributed by atoms with Gasteiger partial charge in [0.25, 0.3) is 0 Å². The molecule has 1 aromatic heterocycles. The maximum Gasteiger partial charge on any atom is 0.243 e. The number of nitrogens with zero attached hydrogens (tertiary/aromatic N) is 2. The molecule has 0 amide bonds. The van der Waals surface area contributed by atoms with E-state index in [0.29, 0.717) is 31.1 Å². The van der Waals surface area contributed by atoms with Crippen LogP contribution in [0.2, 0.25) is 0 Å². The molecular weight excluding hydrogens is 342 g/mol. The lowest BCUT2D eigenvalue weighted by atomic mass is 10.2. The van der Waals surface area contributed by atoms with Crippen LogP contribution in [0.4, 0.5) is 0 Å². The topological polar surface area (TPSA) is 62.3 Å². The quantitative estimate of drug-likeness (QED) is 0.855. The Morgan fingerprint density at radius 2 is 1.92 bits per heavy atom. The van der Waals surface area contributed by atoms with Crippen LogP contribution in [0.25, 0.3) is 0 Å². The number of hydrogen-bond donors (Lipinski definition) is 1. The molecule has 5 nitrogen and oxygen atoms in total. The molecular formula is C17H23N3O2S2. The van der Waals surface area contributed by atoms with Gasteiger partial charge < -0.3 is 5.32 Å². The van der Waals surface area contributed by atoms with Crippen molar-refractivity contribution in [1.29, 1.82) is 0 Å². The first-order valence-corrected chi connectivity index (χ1v) is 10.5. The summed E-state index contributed by atoms with van der Waals surface area (Å²) in [7, 11) is -3.40. The molecule has 0 spiro atoms. The van der Waals surface area contributed by atoms with E-state index in [0.717, 1.165) is 34.7 Å². The molecule has 1 N–H and O–H groups in total. The fourth-order valence-corrected chi connectivity index (χ4v) is 5.46. The highest BCUT2D eigenvalue weighted by Gasteiger charge is 2.27. The fraction of sp³-hybridized carbons (Fsp3) is 0.471. The lowest BCUT2D eigenvalue weighted by Gasteiger charge is -2.26. The Bertz CT molecular complexity index is 781. The molecule has 2 heterocycles. The summed E-state index contributed by atoms with van der Waals surface area (Å²) in [6.45, 7) is 4.47. The zero-order chi connectivity index (χ0) is 17.0. The van der Waals surface area contributed by atoms with Crippen molar-refractivity contribution in [1.82, 2.24) is 14.6 Å². The summed E-state index contributed by atoms with van der Waals surface area (Å²) >= 11 is 1.66. The van der Waals surface area contributed by atoms with Gasteiger partial charge in [0.2, 0.25) is 10.0 Å². The lowest BCUT2D eigenvalue weighted by molar-refractivity contribution is 0.346. The highest BCUT2D eigenvalue weighted by molar-refractivity contribution is 7.89. The van der Waals surface area contributed by atoms with Crippen LogP contribution in [0.1, 0.15) is 34.7 Å². The highest BCUT2D eigenvalue weighted by atomic mass is 32.2. The second-order valence-corrected chi connectivity index (χ2v) is 9.25. The average Bonchev–Trinajstić information content (AvgIpc) is 3.01. The number of aryl methyl sites for hydroxylation is 1. The summed E-state index contributed by atoms with van der Waals surface area (Å²) in [5.41, 5.74) is 0.823. The van der Waals surface area contributed by atoms with Gasteiger partial charge in [-0.2, -0.15) is 4.31 Å². The summed E-state index contributed by atoms with van der Waals surface area (Å²) in [6, 6.07) is 7.30. The van der Waals surface area contributed by atoms with Crippen molar-refractivity contribution in [2.24, 2.45) is 0 Å². The lowest BCUT2D eigenvalue weighted by Crippen LogP contribution is -2.36. The summed E-state index contributed by atoms with van der Waals surface area (Å²) in [4.78, 5) is 5.82. The fourth-order valence-electron chi connectivity index (χ4n) is 2.95. The first-order chi connectivity index (χ1) is 11.6. The monoisotopic (exact) mass is 365 g/mol. The Morgan fingerprint density at radius 1 is 1.17 bits per heavy atom. The van der Waals surface area contributed by atoms with Gasteiger partial charge in [0, 0.05) is 37.3 Å². The van der Waals surface area contributed by atoms with Gasteiger partial charge >= 0.3 is 0 Å². The molecule has 0 radical (unpaired) electrons. The van der Waals surface area contributed by atoms with Crippen LogP contribution in [0, 0.1) is 6.92 Å². The molecule has 1 aromatic carbocycles. The van der Waals surface area contributed by atoms with Crippen LogP contribution in [-0.2, 0) is 23.1 Å². The van der Waals surface area contributed by atoms with Crippen LogP contribution in [0.15, 0.2) is 35.4 Å². The molecule has 24 heavy (non-hydrogen) atoms. The number of piperidine rings is 1. The summed E-state index contributed by atoms with van der Waals surface area (Å²) in [5, 5.41) is 4.38. The maximum absolute atomic E-state index is 12.9. The number of benzene rings is 1. The molecule has 7 heteroatoms. The van der Waals surface area contributed by atoms with Crippen LogP contribution in [-0.4, -0.2) is 30.8 Å². The average molecular weight is 366 g/mol. The van der Waals surface area contributed by atoms with Crippen LogP contribution < -0.4 is 5.32 Å². The van der Waals surface area contributed by atoms with Gasteiger partial charge in [0.05, 0.1) is 9.90 Å². The van der Waals surface area contributed by atoms with Crippen LogP contribution >= 0.6 is 11.3 Å². The number of hydrogen-bond acceptors (Lipinski definition) is 5. The van der Waals surface area contributed by atoms with Gasteiger partial charge in [-0.25, -0.2) is 13.4 Å². The van der Waals surface area contributed by atoms with E-state index in [1.165, 1.54) is 0 Å². The predicted octanol–water partition coefficient (Wildman–Crippen LogP) is 2.92. The minimum absolute atomic E-state index is 0.430. The van der Waals surface area contributed by atoms with Crippen molar-refractivity contribution in [2.75, 3.05) is 13.1 Å². The van der Waals surface area contributed by atoms with E-state index in [9.17, 15) is 8.42 Å². The standard InChI is InChI=1S/C17H23N3O2S2/c1-14-19-13-16(23-14)12-18-11-15-7-3-4-8-17(15)24(21,22)20-9-5-2-6-10-20/h3-4,7-8,13,18H,2,5-6,9-12H2,1H3. The van der Waals surface area contributed by atoms with Gasteiger partial charge in [0.1, 0.15) is 0 Å². The number of aromatic nitrogens is 1. The Balaban J connectivity index is 1.72. The van der Waals surface area contributed by atoms with Crippen LogP contribution in [0.3, 0.4) is 0 Å². The van der Waals surface area contributed by atoms with Crippen molar-refractivity contribution >= 4 is 21.4 Å². The molecule has 0 aliphatic carbocycles. The summed E-state index contributed by atoms with van der Waals surface area (Å²) in [6.07, 6.45) is 4.88. The van der Waals surface area contributed by atoms with Gasteiger partial charge in [-0.1, -0.05) is 24.6 Å². The second-order valence-electron chi connectivity index (χ2n) is 6.02. The van der Waals surface area contributed by atoms with E-state index in [4.69, 9.17) is 0 Å². The minimum Gasteiger partial charge on any atom is -0.308 e. The molecule has 0 bridgehead atoms. The van der Waals surface area contributed by atoms with E-state index in [1.54, 1.807) is 27.8 Å². The van der Waals surface area contributed by atoms with Crippen molar-refractivity contribution < 1.29 is 8.42 Å². The van der Waals surface area contributed by atoms with E-state index in [2.05, 4.69) is 10.3 Å². The SMILES string of the molecule is Cc1ncc(CNCc2ccccc2S(=O)(=O)N2CCCCC2)s1. The summed E-state index contributed by atoms with van der Waals surface area (Å²) in [5.74, 6) is 0. The van der Waals surface area contributed by atoms with Gasteiger partial charge in [-0.05, 0) is 31.4 Å². The number of thiazole rings is 1. The number of sulfonamides is 1. The first-order valence-electron chi connectivity index (χ1n) is 8.27. The third-order valence-corrected chi connectivity index (χ3v) is 7.10. The predicted molar refractivity (Wildman–Crippen MR) is 96.4 cm³/mol. The maximum atomic E-state index is 12.9. The van der Waals surface area contributed by atoms with Gasteiger partial charge in [-0.3, -0.25) is 0 Å². The summed E-state index contributed by atoms with van der Waals surface area (Å²) < 4.78 is 27.5. The zero-order valence-corrected chi connectivity index (χ0v) is 15.5. The Hall–Kier alpha value is -1.28. The third kappa shape index (κ3) is 4.03. The molecule has 2 aromatic rings. The second kappa shape index (κ2) is 7.74. The van der Waals surface area contributed by atoms with Crippen LogP contribution in [0.5, 0.6) is 0 Å². The molecule has 3 rings (SSSR count). The van der Waals surface area contributed by atoms with Crippen molar-refractivity contribution in [3.63, 3.8) is 0 Å². The molecule has 1 aliphatic rings. The van der Waals surface area contributed by atoms with Crippen molar-refractivity contribution in [3.05, 3.63) is 45.9 Å². The number of nitrogens with one attached hydrogen (secondary N) is 1. The largest absolute Gasteiger partial charge is 0.308 e. The molecule has 0 atom stereocenters. The van der Waals surface area contributed by atoms with Gasteiger partial charge in [-0.15, -0.1) is 11.3 Å². The molecule has 1 fully saturated rings. The molecule has 1 saturated heterocycles. The first kappa shape index (κ1) is 17.5. The van der Waals surface area contributed by atoms with E-state index < -0.39 is 10.0 Å². The molecule has 0 saturated carbocycles. The minimum atomic E-state index is -3.40. The van der Waals surface area contributed by atoms with Gasteiger partial charge in [0.15, 0.2) is 0 Å². The highest BCUT2D eigenvalue weighted by Crippen LogP contribution is 2.23. The van der Waals surface area contributed by atoms with E-state index >= 15 is 0 Å². The Morgan fingerprint density at radius 3 is 2.62 bits per heavy atom. The number of rotatable bonds is 6. The van der Waals surface area contributed by atoms with E-state index in [-0.39, 0.29) is 0 Å². The zero-order valence-electron chi connectivity index (χ0n) is 13.9. The van der Waals surface area contributed by atoms with E-state index in [1.807, 2.05) is 25.3 Å². The molecule has 130 valence electrons. The van der Waals surface area contributed by atoms with Crippen molar-refractivity contribution in [2.45, 2.75) is 44.2 Å². The third-order valence-electron chi connectivity index (χ3n) is 4.19. The molecule has 1 aliphatic heterocycles. The Labute approximate surface area is 147 Å². The molecule has 0 unspecified atom stereocenters. The normalized spacial score (nSPS) is 16.4. The smallest absolute Gasteiger partial charge is 0.243 e.